The first-order valence-corrected chi connectivity index (χ1v) is 37.8. The van der Waals surface area contributed by atoms with Crippen molar-refractivity contribution in [2.24, 2.45) is 0 Å². The molecule has 83 heavy (non-hydrogen) atoms. The summed E-state index contributed by atoms with van der Waals surface area (Å²) in [5.41, 5.74) is 0. The van der Waals surface area contributed by atoms with E-state index >= 15 is 0 Å². The molecule has 2 unspecified atom stereocenters. The van der Waals surface area contributed by atoms with E-state index in [-0.39, 0.29) is 18.5 Å². The van der Waals surface area contributed by atoms with Gasteiger partial charge in [0.05, 0.1) is 25.4 Å². The molecule has 0 aliphatic rings. The molecule has 0 bridgehead atoms. The SMILES string of the molecule is CCCCC/C=C\C/C=C\CCCCCCCC(=O)OCCCCCCCCCCCCCCCCCCCCCCCCCCCCCCCCCCCC(=O)NC(CO)C(O)/C=C/CCCCCCCCCCCCCCCCCC. The maximum atomic E-state index is 12.5. The minimum Gasteiger partial charge on any atom is -0.466 e. The molecule has 0 heterocycles. The number of esters is 1. The molecule has 1 amide bonds. The summed E-state index contributed by atoms with van der Waals surface area (Å²) in [5, 5.41) is 23.2. The highest BCUT2D eigenvalue weighted by Crippen LogP contribution is 2.19. The van der Waals surface area contributed by atoms with E-state index in [0.717, 1.165) is 51.4 Å². The highest BCUT2D eigenvalue weighted by Gasteiger charge is 2.18. The van der Waals surface area contributed by atoms with Crippen LogP contribution in [0.25, 0.3) is 0 Å². The number of hydrogen-bond donors (Lipinski definition) is 3. The number of rotatable bonds is 71. The molecule has 0 fully saturated rings. The number of amides is 1. The summed E-state index contributed by atoms with van der Waals surface area (Å²) in [6.45, 7) is 4.91. The first-order chi connectivity index (χ1) is 41.0. The van der Waals surface area contributed by atoms with Crippen molar-refractivity contribution >= 4 is 11.9 Å². The van der Waals surface area contributed by atoms with Gasteiger partial charge in [-0.25, -0.2) is 0 Å². The van der Waals surface area contributed by atoms with Gasteiger partial charge in [-0.05, 0) is 64.2 Å². The number of ether oxygens (including phenoxy) is 1. The Morgan fingerprint density at radius 3 is 0.940 bits per heavy atom. The lowest BCUT2D eigenvalue weighted by molar-refractivity contribution is -0.143. The van der Waals surface area contributed by atoms with E-state index in [1.165, 1.54) is 340 Å². The normalized spacial score (nSPS) is 12.7. The second-order valence-electron chi connectivity index (χ2n) is 26.0. The highest BCUT2D eigenvalue weighted by atomic mass is 16.5. The van der Waals surface area contributed by atoms with E-state index in [4.69, 9.17) is 4.74 Å². The molecular weight excluding hydrogens is 1020 g/mol. The van der Waals surface area contributed by atoms with Crippen LogP contribution in [0.1, 0.15) is 418 Å². The zero-order valence-electron chi connectivity index (χ0n) is 56.2. The van der Waals surface area contributed by atoms with Crippen LogP contribution in [0.3, 0.4) is 0 Å². The predicted octanol–water partition coefficient (Wildman–Crippen LogP) is 24.7. The summed E-state index contributed by atoms with van der Waals surface area (Å²) in [7, 11) is 0. The van der Waals surface area contributed by atoms with Crippen molar-refractivity contribution in [3.05, 3.63) is 36.5 Å². The van der Waals surface area contributed by atoms with Gasteiger partial charge in [-0.1, -0.05) is 378 Å². The van der Waals surface area contributed by atoms with E-state index in [0.29, 0.717) is 19.4 Å². The Bertz CT molecular complexity index is 1340. The van der Waals surface area contributed by atoms with Gasteiger partial charge in [-0.2, -0.15) is 0 Å². The molecule has 0 rings (SSSR count). The standard InChI is InChI=1S/C77H147NO5/c1-3-5-7-9-11-13-15-17-19-20-38-42-45-49-53-57-61-65-69-75(80)74(73-79)78-76(81)70-66-62-58-54-50-46-43-39-36-34-32-30-28-26-24-22-21-23-25-27-29-31-33-35-37-40-44-48-52-56-60-64-68-72-83-77(82)71-67-63-59-55-51-47-41-18-16-14-12-10-8-6-4-2/h12,14,18,41,65,69,74-75,79-80H,3-11,13,15-17,19-40,42-64,66-68,70-73H2,1-2H3,(H,78,81)/b14-12-,41-18-,69-65+. The van der Waals surface area contributed by atoms with Gasteiger partial charge in [0, 0.05) is 12.8 Å². The molecular formula is C77H147NO5. The first-order valence-electron chi connectivity index (χ1n) is 37.8. The van der Waals surface area contributed by atoms with E-state index in [1.807, 2.05) is 6.08 Å². The average Bonchev–Trinajstić information content (AvgIpc) is 3.49. The van der Waals surface area contributed by atoms with Crippen LogP contribution >= 0.6 is 0 Å². The van der Waals surface area contributed by atoms with Crippen molar-refractivity contribution in [3.63, 3.8) is 0 Å². The fraction of sp³-hybridized carbons (Fsp3) is 0.896. The van der Waals surface area contributed by atoms with Crippen LogP contribution in [0.4, 0.5) is 0 Å². The fourth-order valence-corrected chi connectivity index (χ4v) is 11.9. The maximum absolute atomic E-state index is 12.5. The number of nitrogens with one attached hydrogen (secondary N) is 1. The Balaban J connectivity index is 3.34. The third-order valence-corrected chi connectivity index (χ3v) is 17.7. The number of hydrogen-bond acceptors (Lipinski definition) is 5. The summed E-state index contributed by atoms with van der Waals surface area (Å²) in [4.78, 5) is 24.6. The summed E-state index contributed by atoms with van der Waals surface area (Å²) >= 11 is 0. The molecule has 6 heteroatoms. The Labute approximate surface area is 519 Å². The van der Waals surface area contributed by atoms with Crippen LogP contribution in [-0.2, 0) is 14.3 Å². The number of allylic oxidation sites excluding steroid dienone is 5. The molecule has 0 spiro atoms. The number of unbranched alkanes of at least 4 members (excludes halogenated alkanes) is 56. The van der Waals surface area contributed by atoms with Crippen molar-refractivity contribution < 1.29 is 24.5 Å². The topological polar surface area (TPSA) is 95.9 Å². The molecule has 0 aliphatic heterocycles. The Kier molecular flexibility index (Phi) is 70.9. The van der Waals surface area contributed by atoms with Gasteiger partial charge < -0.3 is 20.3 Å². The summed E-state index contributed by atoms with van der Waals surface area (Å²) < 4.78 is 5.49. The molecule has 2 atom stereocenters. The minimum absolute atomic E-state index is 0.00787. The molecule has 6 nitrogen and oxygen atoms in total. The number of aliphatic hydroxyl groups is 2. The lowest BCUT2D eigenvalue weighted by Crippen LogP contribution is -2.45. The minimum atomic E-state index is -0.842. The zero-order valence-corrected chi connectivity index (χ0v) is 56.2. The van der Waals surface area contributed by atoms with Crippen LogP contribution < -0.4 is 5.32 Å². The summed E-state index contributed by atoms with van der Waals surface area (Å²) in [6.07, 6.45) is 93.9. The van der Waals surface area contributed by atoms with Gasteiger partial charge in [-0.3, -0.25) is 9.59 Å². The third-order valence-electron chi connectivity index (χ3n) is 17.7. The zero-order chi connectivity index (χ0) is 59.9. The molecule has 0 saturated heterocycles. The van der Waals surface area contributed by atoms with E-state index in [1.54, 1.807) is 6.08 Å². The van der Waals surface area contributed by atoms with Gasteiger partial charge in [0.15, 0.2) is 0 Å². The molecule has 3 N–H and O–H groups in total. The molecule has 0 aromatic carbocycles. The fourth-order valence-electron chi connectivity index (χ4n) is 11.9. The van der Waals surface area contributed by atoms with Crippen LogP contribution in [-0.4, -0.2) is 47.4 Å². The second kappa shape index (κ2) is 72.6. The largest absolute Gasteiger partial charge is 0.466 e. The molecule has 0 aliphatic carbocycles. The van der Waals surface area contributed by atoms with Crippen molar-refractivity contribution in [2.45, 2.75) is 431 Å². The Morgan fingerprint density at radius 2 is 0.602 bits per heavy atom. The monoisotopic (exact) mass is 1170 g/mol. The van der Waals surface area contributed by atoms with Crippen molar-refractivity contribution in [2.75, 3.05) is 13.2 Å². The summed E-state index contributed by atoms with van der Waals surface area (Å²) in [6, 6.07) is -0.625. The Morgan fingerprint density at radius 1 is 0.337 bits per heavy atom. The number of aliphatic hydroxyl groups excluding tert-OH is 2. The van der Waals surface area contributed by atoms with E-state index in [2.05, 4.69) is 43.5 Å². The highest BCUT2D eigenvalue weighted by molar-refractivity contribution is 5.76. The van der Waals surface area contributed by atoms with E-state index in [9.17, 15) is 19.8 Å². The lowest BCUT2D eigenvalue weighted by Gasteiger charge is -2.20. The van der Waals surface area contributed by atoms with Gasteiger partial charge in [-0.15, -0.1) is 0 Å². The third kappa shape index (κ3) is 69.1. The van der Waals surface area contributed by atoms with Crippen LogP contribution in [0.2, 0.25) is 0 Å². The second-order valence-corrected chi connectivity index (χ2v) is 26.0. The van der Waals surface area contributed by atoms with Gasteiger partial charge >= 0.3 is 5.97 Å². The van der Waals surface area contributed by atoms with Crippen LogP contribution in [0, 0.1) is 0 Å². The smallest absolute Gasteiger partial charge is 0.305 e. The average molecular weight is 1170 g/mol. The molecule has 0 saturated carbocycles. The van der Waals surface area contributed by atoms with Crippen molar-refractivity contribution in [1.29, 1.82) is 0 Å². The maximum Gasteiger partial charge on any atom is 0.305 e. The predicted molar refractivity (Wildman–Crippen MR) is 366 cm³/mol. The quantitative estimate of drug-likeness (QED) is 0.0320. The van der Waals surface area contributed by atoms with Crippen LogP contribution in [0.15, 0.2) is 36.5 Å². The number of carbonyl (C=O) groups is 2. The molecule has 0 aromatic rings. The molecule has 490 valence electrons. The molecule has 0 aromatic heterocycles. The van der Waals surface area contributed by atoms with Gasteiger partial charge in [0.25, 0.3) is 0 Å². The first kappa shape index (κ1) is 81.1. The van der Waals surface area contributed by atoms with Gasteiger partial charge in [0.1, 0.15) is 0 Å². The summed E-state index contributed by atoms with van der Waals surface area (Å²) in [5.74, 6) is -0.0518. The van der Waals surface area contributed by atoms with Crippen molar-refractivity contribution in [3.8, 4) is 0 Å². The lowest BCUT2D eigenvalue weighted by atomic mass is 10.0. The Hall–Kier alpha value is -1.92. The van der Waals surface area contributed by atoms with Gasteiger partial charge in [0.2, 0.25) is 5.91 Å². The van der Waals surface area contributed by atoms with Crippen LogP contribution in [0.5, 0.6) is 0 Å². The van der Waals surface area contributed by atoms with E-state index < -0.39 is 12.1 Å². The van der Waals surface area contributed by atoms with Crippen molar-refractivity contribution in [1.82, 2.24) is 5.32 Å². The molecule has 0 radical (unpaired) electrons. The number of carbonyl (C=O) groups excluding carboxylic acids is 2.